The van der Waals surface area contributed by atoms with Gasteiger partial charge in [-0.15, -0.1) is 0 Å². The predicted molar refractivity (Wildman–Crippen MR) is 149 cm³/mol. The Kier molecular flexibility index (Phi) is 7.57. The van der Waals surface area contributed by atoms with Crippen LogP contribution in [0, 0.1) is 11.6 Å². The van der Waals surface area contributed by atoms with Crippen LogP contribution < -0.4 is 11.1 Å². The van der Waals surface area contributed by atoms with Gasteiger partial charge in [-0.1, -0.05) is 30.3 Å². The van der Waals surface area contributed by atoms with E-state index < -0.39 is 28.7 Å². The first-order chi connectivity index (χ1) is 19.5. The van der Waals surface area contributed by atoms with Gasteiger partial charge in [0, 0.05) is 25.2 Å². The van der Waals surface area contributed by atoms with Crippen molar-refractivity contribution < 1.29 is 23.1 Å². The van der Waals surface area contributed by atoms with Gasteiger partial charge in [-0.2, -0.15) is 5.10 Å². The molecule has 1 aliphatic rings. The molecule has 214 valence electrons. The summed E-state index contributed by atoms with van der Waals surface area (Å²) in [4.78, 5) is 35.4. The van der Waals surface area contributed by atoms with E-state index in [-0.39, 0.29) is 24.5 Å². The molecule has 1 atom stereocenters. The average molecular weight is 564 g/mol. The fourth-order valence-corrected chi connectivity index (χ4v) is 4.86. The SMILES string of the molecule is CC(C)(C)OC(=O)N1CCC[C@@H](n2nc(-c3ccc(CNC(=O)c4c(F)cccc4F)cc3)c3c(N)ncnc32)C1. The molecule has 1 aliphatic heterocycles. The van der Waals surface area contributed by atoms with E-state index in [2.05, 4.69) is 15.3 Å². The number of rotatable bonds is 5. The number of fused-ring (bicyclic) bond motifs is 1. The van der Waals surface area contributed by atoms with Crippen LogP contribution in [0.15, 0.2) is 48.8 Å². The lowest BCUT2D eigenvalue weighted by Gasteiger charge is -2.34. The summed E-state index contributed by atoms with van der Waals surface area (Å²) < 4.78 is 35.2. The number of nitrogens with zero attached hydrogens (tertiary/aromatic N) is 5. The Bertz CT molecular complexity index is 1580. The van der Waals surface area contributed by atoms with Gasteiger partial charge in [0.15, 0.2) is 5.65 Å². The molecule has 5 rings (SSSR count). The molecule has 1 fully saturated rings. The predicted octanol–water partition coefficient (Wildman–Crippen LogP) is 4.86. The van der Waals surface area contributed by atoms with Crippen molar-refractivity contribution in [3.63, 3.8) is 0 Å². The summed E-state index contributed by atoms with van der Waals surface area (Å²) in [5.41, 5.74) is 7.66. The fraction of sp³-hybridized carbons (Fsp3) is 0.345. The molecule has 0 radical (unpaired) electrons. The molecule has 3 heterocycles. The second-order valence-corrected chi connectivity index (χ2v) is 10.9. The van der Waals surface area contributed by atoms with Crippen molar-refractivity contribution >= 4 is 28.9 Å². The third-order valence-electron chi connectivity index (χ3n) is 6.78. The number of carbonyl (C=O) groups is 2. The van der Waals surface area contributed by atoms with Gasteiger partial charge >= 0.3 is 6.09 Å². The van der Waals surface area contributed by atoms with Gasteiger partial charge in [0.2, 0.25) is 0 Å². The van der Waals surface area contributed by atoms with Gasteiger partial charge in [0.05, 0.1) is 11.4 Å². The van der Waals surface area contributed by atoms with E-state index >= 15 is 0 Å². The molecule has 3 N–H and O–H groups in total. The third kappa shape index (κ3) is 5.96. The van der Waals surface area contributed by atoms with E-state index in [1.807, 2.05) is 32.9 Å². The smallest absolute Gasteiger partial charge is 0.410 e. The number of nitrogens with two attached hydrogens (primary N) is 1. The molecule has 2 aromatic heterocycles. The first-order valence-electron chi connectivity index (χ1n) is 13.3. The van der Waals surface area contributed by atoms with Crippen molar-refractivity contribution in [1.82, 2.24) is 30.0 Å². The van der Waals surface area contributed by atoms with Gasteiger partial charge in [0.1, 0.15) is 40.6 Å². The van der Waals surface area contributed by atoms with Crippen molar-refractivity contribution in [2.75, 3.05) is 18.8 Å². The number of carbonyl (C=O) groups excluding carboxylic acids is 2. The van der Waals surface area contributed by atoms with Crippen LogP contribution in [0.2, 0.25) is 0 Å². The number of nitrogens with one attached hydrogen (secondary N) is 1. The molecule has 0 bridgehead atoms. The molecule has 4 aromatic rings. The van der Waals surface area contributed by atoms with Gasteiger partial charge < -0.3 is 20.7 Å². The molecule has 12 heteroatoms. The second-order valence-electron chi connectivity index (χ2n) is 10.9. The zero-order valence-corrected chi connectivity index (χ0v) is 23.0. The summed E-state index contributed by atoms with van der Waals surface area (Å²) in [6.07, 6.45) is 2.59. The number of hydrogen-bond acceptors (Lipinski definition) is 7. The molecule has 2 aromatic carbocycles. The van der Waals surface area contributed by atoms with E-state index in [0.29, 0.717) is 35.4 Å². The number of likely N-dealkylation sites (tertiary alicyclic amines) is 1. The third-order valence-corrected chi connectivity index (χ3v) is 6.78. The summed E-state index contributed by atoms with van der Waals surface area (Å²) in [7, 11) is 0. The number of anilines is 1. The molecule has 0 saturated carbocycles. The molecule has 41 heavy (non-hydrogen) atoms. The van der Waals surface area contributed by atoms with E-state index in [1.54, 1.807) is 21.7 Å². The lowest BCUT2D eigenvalue weighted by molar-refractivity contribution is 0.0169. The Hall–Kier alpha value is -4.61. The quantitative estimate of drug-likeness (QED) is 0.355. The number of benzene rings is 2. The highest BCUT2D eigenvalue weighted by molar-refractivity contribution is 5.98. The van der Waals surface area contributed by atoms with Crippen molar-refractivity contribution in [3.8, 4) is 11.3 Å². The van der Waals surface area contributed by atoms with Crippen LogP contribution in [0.3, 0.4) is 0 Å². The number of halogens is 2. The van der Waals surface area contributed by atoms with Crippen molar-refractivity contribution in [3.05, 3.63) is 71.6 Å². The largest absolute Gasteiger partial charge is 0.444 e. The standard InChI is InChI=1S/C29H31F2N7O3/c1-29(2,3)41-28(40)37-13-5-6-19(15-37)38-26-23(25(32)34-16-35-26)24(36-38)18-11-9-17(10-12-18)14-33-27(39)22-20(30)7-4-8-21(22)31/h4,7-12,16,19H,5-6,13-15H2,1-3H3,(H,33,39)(H2,32,34,35)/t19-/m1/s1. The van der Waals surface area contributed by atoms with Crippen LogP contribution in [0.5, 0.6) is 0 Å². The summed E-state index contributed by atoms with van der Waals surface area (Å²) in [5.74, 6) is -2.41. The van der Waals surface area contributed by atoms with E-state index in [9.17, 15) is 18.4 Å². The zero-order chi connectivity index (χ0) is 29.3. The Morgan fingerprint density at radius 2 is 1.80 bits per heavy atom. The van der Waals surface area contributed by atoms with Crippen LogP contribution >= 0.6 is 0 Å². The Balaban J connectivity index is 1.37. The topological polar surface area (TPSA) is 128 Å². The molecular formula is C29H31F2N7O3. The number of piperidine rings is 1. The monoisotopic (exact) mass is 563 g/mol. The van der Waals surface area contributed by atoms with Gasteiger partial charge in [-0.05, 0) is 51.3 Å². The summed E-state index contributed by atoms with van der Waals surface area (Å²) in [5, 5.41) is 8.02. The molecule has 2 amide bonds. The van der Waals surface area contributed by atoms with E-state index in [1.165, 1.54) is 12.4 Å². The van der Waals surface area contributed by atoms with Crippen molar-refractivity contribution in [1.29, 1.82) is 0 Å². The molecule has 0 spiro atoms. The zero-order valence-electron chi connectivity index (χ0n) is 23.0. The Labute approximate surface area is 235 Å². The van der Waals surface area contributed by atoms with Crippen molar-refractivity contribution in [2.24, 2.45) is 0 Å². The lowest BCUT2D eigenvalue weighted by Crippen LogP contribution is -2.43. The fourth-order valence-electron chi connectivity index (χ4n) is 4.86. The molecule has 0 aliphatic carbocycles. The first kappa shape index (κ1) is 27.9. The van der Waals surface area contributed by atoms with E-state index in [4.69, 9.17) is 15.6 Å². The molecule has 1 saturated heterocycles. The van der Waals surface area contributed by atoms with Gasteiger partial charge in [-0.25, -0.2) is 28.2 Å². The summed E-state index contributed by atoms with van der Waals surface area (Å²) >= 11 is 0. The van der Waals surface area contributed by atoms with Crippen LogP contribution in [0.4, 0.5) is 19.4 Å². The van der Waals surface area contributed by atoms with Crippen LogP contribution in [-0.4, -0.2) is 55.3 Å². The number of aromatic nitrogens is 4. The Morgan fingerprint density at radius 3 is 2.49 bits per heavy atom. The van der Waals surface area contributed by atoms with Gasteiger partial charge in [-0.3, -0.25) is 4.79 Å². The second kappa shape index (κ2) is 11.1. The van der Waals surface area contributed by atoms with Crippen LogP contribution in [0.1, 0.15) is 55.6 Å². The van der Waals surface area contributed by atoms with Crippen LogP contribution in [-0.2, 0) is 11.3 Å². The summed E-state index contributed by atoms with van der Waals surface area (Å²) in [6, 6.07) is 10.3. The average Bonchev–Trinajstić information content (AvgIpc) is 3.32. The molecule has 0 unspecified atom stereocenters. The maximum absolute atomic E-state index is 13.9. The molecular weight excluding hydrogens is 532 g/mol. The highest BCUT2D eigenvalue weighted by Gasteiger charge is 2.31. The van der Waals surface area contributed by atoms with Crippen molar-refractivity contribution in [2.45, 2.75) is 51.8 Å². The first-order valence-corrected chi connectivity index (χ1v) is 13.3. The number of amides is 2. The summed E-state index contributed by atoms with van der Waals surface area (Å²) in [6.45, 7) is 6.58. The number of nitrogen functional groups attached to an aromatic ring is 1. The maximum Gasteiger partial charge on any atom is 0.410 e. The normalized spacial score (nSPS) is 15.6. The van der Waals surface area contributed by atoms with Gasteiger partial charge in [0.25, 0.3) is 5.91 Å². The highest BCUT2D eigenvalue weighted by atomic mass is 19.1. The lowest BCUT2D eigenvalue weighted by atomic mass is 10.1. The Morgan fingerprint density at radius 1 is 1.10 bits per heavy atom. The van der Waals surface area contributed by atoms with Crippen LogP contribution in [0.25, 0.3) is 22.3 Å². The minimum Gasteiger partial charge on any atom is -0.444 e. The number of hydrogen-bond donors (Lipinski definition) is 2. The highest BCUT2D eigenvalue weighted by Crippen LogP contribution is 2.34. The minimum absolute atomic E-state index is 0.0654. The minimum atomic E-state index is -0.924. The van der Waals surface area contributed by atoms with E-state index in [0.717, 1.165) is 30.5 Å². The molecule has 10 nitrogen and oxygen atoms in total. The number of ether oxygens (including phenoxy) is 1. The maximum atomic E-state index is 13.9.